The van der Waals surface area contributed by atoms with Crippen LogP contribution in [0.4, 0.5) is 0 Å². The second-order valence-electron chi connectivity index (χ2n) is 10.1. The molecule has 0 aliphatic heterocycles. The summed E-state index contributed by atoms with van der Waals surface area (Å²) in [5.41, 5.74) is 6.92. The lowest BCUT2D eigenvalue weighted by atomic mass is 9.98. The molecule has 0 spiro atoms. The number of aryl methyl sites for hydroxylation is 2. The third kappa shape index (κ3) is 6.80. The Morgan fingerprint density at radius 2 is 0.974 bits per heavy atom. The molecule has 0 amide bonds. The van der Waals surface area contributed by atoms with E-state index in [9.17, 15) is 10.2 Å². The first kappa shape index (κ1) is 27.4. The number of nitrogens with zero attached hydrogens (tertiary/aromatic N) is 2. The maximum atomic E-state index is 10.9. The van der Waals surface area contributed by atoms with Crippen LogP contribution in [0.25, 0.3) is 33.6 Å². The molecule has 2 aromatic heterocycles. The van der Waals surface area contributed by atoms with Crippen molar-refractivity contribution in [1.29, 1.82) is 0 Å². The summed E-state index contributed by atoms with van der Waals surface area (Å²) in [5, 5.41) is 21.8. The van der Waals surface area contributed by atoms with E-state index in [1.165, 1.54) is 38.5 Å². The highest BCUT2D eigenvalue weighted by molar-refractivity contribution is 5.74. The van der Waals surface area contributed by atoms with Crippen molar-refractivity contribution in [2.45, 2.75) is 78.1 Å². The number of hydrogen-bond acceptors (Lipinski definition) is 4. The molecule has 4 heteroatoms. The van der Waals surface area contributed by atoms with Crippen LogP contribution in [0.2, 0.25) is 0 Å². The number of pyridine rings is 2. The molecule has 0 saturated carbocycles. The van der Waals surface area contributed by atoms with Gasteiger partial charge < -0.3 is 10.2 Å². The molecule has 4 nitrogen and oxygen atoms in total. The van der Waals surface area contributed by atoms with Crippen LogP contribution < -0.4 is 0 Å². The molecule has 198 valence electrons. The molecular formula is C34H40N2O2. The zero-order valence-electron chi connectivity index (χ0n) is 22.8. The molecule has 0 aliphatic rings. The Bertz CT molecular complexity index is 1190. The standard InChI is InChI=1S/C34H40N2O2/c1-3-5-7-9-13-25-15-11-17-29(33(25)37)27-19-21-31(35-23-27)32-22-20-28(24-36-32)30-18-12-16-26(34(30)38)14-10-8-6-4-2/h11-12,15-24,37-38H,3-10,13-14H2,1-2H3. The summed E-state index contributed by atoms with van der Waals surface area (Å²) < 4.78 is 0. The summed E-state index contributed by atoms with van der Waals surface area (Å²) in [6.45, 7) is 4.41. The van der Waals surface area contributed by atoms with E-state index >= 15 is 0 Å². The smallest absolute Gasteiger partial charge is 0.126 e. The highest BCUT2D eigenvalue weighted by atomic mass is 16.3. The van der Waals surface area contributed by atoms with Gasteiger partial charge in [-0.15, -0.1) is 0 Å². The van der Waals surface area contributed by atoms with Gasteiger partial charge in [0.1, 0.15) is 11.5 Å². The van der Waals surface area contributed by atoms with Crippen molar-refractivity contribution in [2.24, 2.45) is 0 Å². The zero-order chi connectivity index (χ0) is 26.7. The summed E-state index contributed by atoms with van der Waals surface area (Å²) in [6.07, 6.45) is 14.8. The van der Waals surface area contributed by atoms with E-state index in [0.29, 0.717) is 11.5 Å². The van der Waals surface area contributed by atoms with E-state index in [1.54, 1.807) is 12.4 Å². The number of para-hydroxylation sites is 2. The van der Waals surface area contributed by atoms with Crippen molar-refractivity contribution in [1.82, 2.24) is 9.97 Å². The Hall–Kier alpha value is -3.66. The first-order valence-corrected chi connectivity index (χ1v) is 14.2. The number of benzene rings is 2. The molecule has 0 saturated heterocycles. The molecule has 4 aromatic rings. The number of phenols is 2. The maximum absolute atomic E-state index is 10.9. The quantitative estimate of drug-likeness (QED) is 0.177. The Balaban J connectivity index is 1.47. The second kappa shape index (κ2) is 13.8. The summed E-state index contributed by atoms with van der Waals surface area (Å²) >= 11 is 0. The third-order valence-electron chi connectivity index (χ3n) is 7.25. The molecule has 0 bridgehead atoms. The topological polar surface area (TPSA) is 66.2 Å². The van der Waals surface area contributed by atoms with Gasteiger partial charge in [-0.05, 0) is 48.9 Å². The monoisotopic (exact) mass is 508 g/mol. The Labute approximate surface area is 227 Å². The molecular weight excluding hydrogens is 468 g/mol. The fourth-order valence-electron chi connectivity index (χ4n) is 4.95. The highest BCUT2D eigenvalue weighted by Crippen LogP contribution is 2.35. The molecule has 4 rings (SSSR count). The molecule has 0 aliphatic carbocycles. The van der Waals surface area contributed by atoms with Crippen LogP contribution in [-0.2, 0) is 12.8 Å². The number of rotatable bonds is 13. The molecule has 0 unspecified atom stereocenters. The average molecular weight is 509 g/mol. The van der Waals surface area contributed by atoms with Crippen molar-refractivity contribution in [3.8, 4) is 45.1 Å². The van der Waals surface area contributed by atoms with Crippen molar-refractivity contribution in [3.63, 3.8) is 0 Å². The summed E-state index contributed by atoms with van der Waals surface area (Å²) in [7, 11) is 0. The van der Waals surface area contributed by atoms with E-state index in [2.05, 4.69) is 23.8 Å². The van der Waals surface area contributed by atoms with Gasteiger partial charge >= 0.3 is 0 Å². The van der Waals surface area contributed by atoms with Crippen LogP contribution in [0.5, 0.6) is 11.5 Å². The van der Waals surface area contributed by atoms with Crippen LogP contribution >= 0.6 is 0 Å². The number of aromatic nitrogens is 2. The Morgan fingerprint density at radius 1 is 0.526 bits per heavy atom. The lowest BCUT2D eigenvalue weighted by Gasteiger charge is -2.11. The molecule has 2 aromatic carbocycles. The van der Waals surface area contributed by atoms with Crippen LogP contribution in [0.1, 0.15) is 76.3 Å². The van der Waals surface area contributed by atoms with E-state index in [4.69, 9.17) is 0 Å². The van der Waals surface area contributed by atoms with Gasteiger partial charge in [0, 0.05) is 34.6 Å². The van der Waals surface area contributed by atoms with E-state index in [-0.39, 0.29) is 0 Å². The molecule has 0 radical (unpaired) electrons. The normalized spacial score (nSPS) is 11.1. The first-order valence-electron chi connectivity index (χ1n) is 14.2. The molecule has 38 heavy (non-hydrogen) atoms. The van der Waals surface area contributed by atoms with Crippen LogP contribution in [0.3, 0.4) is 0 Å². The van der Waals surface area contributed by atoms with Gasteiger partial charge in [0.15, 0.2) is 0 Å². The first-order chi connectivity index (χ1) is 18.6. The molecule has 0 atom stereocenters. The molecule has 2 N–H and O–H groups in total. The van der Waals surface area contributed by atoms with Gasteiger partial charge in [-0.1, -0.05) is 101 Å². The minimum atomic E-state index is 0.355. The Kier molecular flexibility index (Phi) is 9.91. The summed E-state index contributed by atoms with van der Waals surface area (Å²) in [4.78, 5) is 9.28. The SMILES string of the molecule is CCCCCCc1cccc(-c2ccc(-c3ccc(-c4cccc(CCCCCC)c4O)cn3)nc2)c1O. The molecule has 0 fully saturated rings. The van der Waals surface area contributed by atoms with E-state index < -0.39 is 0 Å². The minimum Gasteiger partial charge on any atom is -0.507 e. The maximum Gasteiger partial charge on any atom is 0.126 e. The van der Waals surface area contributed by atoms with E-state index in [1.807, 2.05) is 60.7 Å². The highest BCUT2D eigenvalue weighted by Gasteiger charge is 2.12. The summed E-state index contributed by atoms with van der Waals surface area (Å²) in [6, 6.07) is 19.8. The lowest BCUT2D eigenvalue weighted by molar-refractivity contribution is 0.468. The number of hydrogen-bond donors (Lipinski definition) is 2. The lowest BCUT2D eigenvalue weighted by Crippen LogP contribution is -1.92. The predicted molar refractivity (Wildman–Crippen MR) is 157 cm³/mol. The van der Waals surface area contributed by atoms with Gasteiger partial charge in [-0.2, -0.15) is 0 Å². The van der Waals surface area contributed by atoms with Gasteiger partial charge in [0.25, 0.3) is 0 Å². The van der Waals surface area contributed by atoms with Gasteiger partial charge in [-0.3, -0.25) is 9.97 Å². The molecule has 2 heterocycles. The largest absolute Gasteiger partial charge is 0.507 e. The summed E-state index contributed by atoms with van der Waals surface area (Å²) in [5.74, 6) is 0.710. The third-order valence-corrected chi connectivity index (χ3v) is 7.25. The van der Waals surface area contributed by atoms with Gasteiger partial charge in [0.05, 0.1) is 11.4 Å². The van der Waals surface area contributed by atoms with Crippen LogP contribution in [-0.4, -0.2) is 20.2 Å². The van der Waals surface area contributed by atoms with Crippen molar-refractivity contribution in [2.75, 3.05) is 0 Å². The Morgan fingerprint density at radius 3 is 1.34 bits per heavy atom. The fourth-order valence-corrected chi connectivity index (χ4v) is 4.95. The van der Waals surface area contributed by atoms with E-state index in [0.717, 1.165) is 70.5 Å². The zero-order valence-corrected chi connectivity index (χ0v) is 22.8. The fraction of sp³-hybridized carbons (Fsp3) is 0.353. The van der Waals surface area contributed by atoms with Crippen LogP contribution in [0.15, 0.2) is 73.1 Å². The van der Waals surface area contributed by atoms with Crippen molar-refractivity contribution in [3.05, 3.63) is 84.2 Å². The van der Waals surface area contributed by atoms with Gasteiger partial charge in [0.2, 0.25) is 0 Å². The number of unbranched alkanes of at least 4 members (excludes halogenated alkanes) is 6. The predicted octanol–water partition coefficient (Wildman–Crippen LogP) is 9.13. The number of phenolic OH excluding ortho intramolecular Hbond substituents is 2. The van der Waals surface area contributed by atoms with Crippen molar-refractivity contribution >= 4 is 0 Å². The minimum absolute atomic E-state index is 0.355. The second-order valence-corrected chi connectivity index (χ2v) is 10.1. The average Bonchev–Trinajstić information content (AvgIpc) is 2.95. The van der Waals surface area contributed by atoms with Gasteiger partial charge in [-0.25, -0.2) is 0 Å². The number of aromatic hydroxyl groups is 2. The van der Waals surface area contributed by atoms with Crippen molar-refractivity contribution < 1.29 is 10.2 Å². The van der Waals surface area contributed by atoms with Crippen LogP contribution in [0, 0.1) is 0 Å².